The lowest BCUT2D eigenvalue weighted by Crippen LogP contribution is -2.49. The summed E-state index contributed by atoms with van der Waals surface area (Å²) in [5.74, 6) is 1.17. The van der Waals surface area contributed by atoms with Gasteiger partial charge in [-0.05, 0) is 31.5 Å². The highest BCUT2D eigenvalue weighted by Gasteiger charge is 2.36. The minimum Gasteiger partial charge on any atom is -0.396 e. The van der Waals surface area contributed by atoms with Crippen molar-refractivity contribution in [3.05, 3.63) is 59.7 Å². The summed E-state index contributed by atoms with van der Waals surface area (Å²) in [4.78, 5) is 14.9. The number of carbonyl (C=O) groups is 1. The predicted octanol–water partition coefficient (Wildman–Crippen LogP) is 1.56. The Labute approximate surface area is 161 Å². The smallest absolute Gasteiger partial charge is 0.250 e. The number of hydrogen-bond acceptors (Lipinski definition) is 5. The third-order valence-electron chi connectivity index (χ3n) is 5.07. The molecule has 4 rings (SSSR count). The zero-order valence-corrected chi connectivity index (χ0v) is 15.8. The van der Waals surface area contributed by atoms with Crippen LogP contribution in [-0.2, 0) is 29.8 Å². The lowest BCUT2D eigenvalue weighted by molar-refractivity contribution is -0.141. The number of aromatic nitrogens is 5. The highest BCUT2D eigenvalue weighted by Crippen LogP contribution is 2.23. The average Bonchev–Trinajstić information content (AvgIpc) is 3.27. The van der Waals surface area contributed by atoms with Crippen molar-refractivity contribution >= 4 is 11.6 Å². The first kappa shape index (κ1) is 18.1. The molecule has 1 aliphatic rings. The van der Waals surface area contributed by atoms with E-state index in [-0.39, 0.29) is 11.7 Å². The van der Waals surface area contributed by atoms with Gasteiger partial charge in [-0.15, -0.1) is 10.2 Å². The summed E-state index contributed by atoms with van der Waals surface area (Å²) in [7, 11) is 0. The number of nitrogens with zero attached hydrogens (tertiary/aromatic N) is 6. The SMILES string of the molecule is CC(C)(C(=O)N1CCn2c(Cc3cccc(F)c3)nnc2C1)n1cc(N)cn1. The van der Waals surface area contributed by atoms with Gasteiger partial charge in [0.2, 0.25) is 5.91 Å². The van der Waals surface area contributed by atoms with Gasteiger partial charge in [0.05, 0.1) is 18.4 Å². The first-order valence-electron chi connectivity index (χ1n) is 9.10. The summed E-state index contributed by atoms with van der Waals surface area (Å²) in [6.45, 7) is 5.14. The Kier molecular flexibility index (Phi) is 4.37. The highest BCUT2D eigenvalue weighted by molar-refractivity contribution is 5.83. The zero-order valence-electron chi connectivity index (χ0n) is 15.8. The Bertz CT molecular complexity index is 1020. The van der Waals surface area contributed by atoms with Gasteiger partial charge in [0.25, 0.3) is 0 Å². The summed E-state index contributed by atoms with van der Waals surface area (Å²) in [5, 5.41) is 12.7. The van der Waals surface area contributed by atoms with E-state index in [4.69, 9.17) is 5.73 Å². The van der Waals surface area contributed by atoms with Crippen LogP contribution in [0.3, 0.4) is 0 Å². The molecule has 0 radical (unpaired) electrons. The van der Waals surface area contributed by atoms with Gasteiger partial charge in [0.1, 0.15) is 17.2 Å². The van der Waals surface area contributed by atoms with E-state index in [1.165, 1.54) is 18.3 Å². The van der Waals surface area contributed by atoms with E-state index in [1.54, 1.807) is 21.8 Å². The molecule has 1 aromatic carbocycles. The van der Waals surface area contributed by atoms with E-state index >= 15 is 0 Å². The maximum absolute atomic E-state index is 13.4. The third-order valence-corrected chi connectivity index (χ3v) is 5.07. The maximum atomic E-state index is 13.4. The number of carbonyl (C=O) groups excluding carboxylic acids is 1. The second kappa shape index (κ2) is 6.74. The molecule has 0 atom stereocenters. The van der Waals surface area contributed by atoms with Crippen LogP contribution in [0.4, 0.5) is 10.1 Å². The van der Waals surface area contributed by atoms with Gasteiger partial charge in [-0.2, -0.15) is 5.10 Å². The molecular formula is C19H22FN7O. The van der Waals surface area contributed by atoms with E-state index in [2.05, 4.69) is 15.3 Å². The number of anilines is 1. The lowest BCUT2D eigenvalue weighted by Gasteiger charge is -2.34. The average molecular weight is 383 g/mol. The number of halogens is 1. The van der Waals surface area contributed by atoms with Crippen molar-refractivity contribution in [1.82, 2.24) is 29.4 Å². The van der Waals surface area contributed by atoms with Gasteiger partial charge in [-0.3, -0.25) is 9.48 Å². The lowest BCUT2D eigenvalue weighted by atomic mass is 10.0. The second-order valence-corrected chi connectivity index (χ2v) is 7.49. The Hall–Kier alpha value is -3.23. The van der Waals surface area contributed by atoms with E-state index in [9.17, 15) is 9.18 Å². The van der Waals surface area contributed by atoms with Gasteiger partial charge >= 0.3 is 0 Å². The van der Waals surface area contributed by atoms with E-state index in [1.807, 2.05) is 24.5 Å². The summed E-state index contributed by atoms with van der Waals surface area (Å²) in [6.07, 6.45) is 3.68. The summed E-state index contributed by atoms with van der Waals surface area (Å²) in [5.41, 5.74) is 6.24. The summed E-state index contributed by atoms with van der Waals surface area (Å²) < 4.78 is 17.0. The molecule has 3 heterocycles. The number of nitrogens with two attached hydrogens (primary N) is 1. The minimum atomic E-state index is -0.857. The van der Waals surface area contributed by atoms with Crippen LogP contribution in [0.5, 0.6) is 0 Å². The van der Waals surface area contributed by atoms with Crippen LogP contribution in [0, 0.1) is 5.82 Å². The fraction of sp³-hybridized carbons (Fsp3) is 0.368. The minimum absolute atomic E-state index is 0.0588. The van der Waals surface area contributed by atoms with Gasteiger partial charge in [0.15, 0.2) is 5.82 Å². The van der Waals surface area contributed by atoms with Crippen LogP contribution < -0.4 is 5.73 Å². The monoisotopic (exact) mass is 383 g/mol. The molecule has 0 spiro atoms. The molecule has 146 valence electrons. The molecule has 0 unspecified atom stereocenters. The van der Waals surface area contributed by atoms with Crippen LogP contribution in [0.2, 0.25) is 0 Å². The summed E-state index contributed by atoms with van der Waals surface area (Å²) >= 11 is 0. The topological polar surface area (TPSA) is 94.9 Å². The van der Waals surface area contributed by atoms with Gasteiger partial charge in [-0.25, -0.2) is 4.39 Å². The molecule has 2 N–H and O–H groups in total. The van der Waals surface area contributed by atoms with Gasteiger partial charge in [0, 0.05) is 25.7 Å². The molecule has 0 fully saturated rings. The largest absolute Gasteiger partial charge is 0.396 e. The van der Waals surface area contributed by atoms with Crippen molar-refractivity contribution in [2.24, 2.45) is 0 Å². The van der Waals surface area contributed by atoms with Crippen LogP contribution in [0.1, 0.15) is 31.1 Å². The Morgan fingerprint density at radius 1 is 1.29 bits per heavy atom. The Morgan fingerprint density at radius 3 is 2.82 bits per heavy atom. The molecule has 1 aliphatic heterocycles. The summed E-state index contributed by atoms with van der Waals surface area (Å²) in [6, 6.07) is 6.46. The fourth-order valence-corrected chi connectivity index (χ4v) is 3.48. The molecule has 9 heteroatoms. The second-order valence-electron chi connectivity index (χ2n) is 7.49. The van der Waals surface area contributed by atoms with Crippen LogP contribution in [0.15, 0.2) is 36.7 Å². The molecule has 0 bridgehead atoms. The van der Waals surface area contributed by atoms with E-state index < -0.39 is 5.54 Å². The van der Waals surface area contributed by atoms with E-state index in [0.717, 1.165) is 17.2 Å². The molecule has 8 nitrogen and oxygen atoms in total. The maximum Gasteiger partial charge on any atom is 0.250 e. The van der Waals surface area contributed by atoms with Gasteiger partial charge in [-0.1, -0.05) is 12.1 Å². The van der Waals surface area contributed by atoms with Crippen molar-refractivity contribution in [2.75, 3.05) is 12.3 Å². The Morgan fingerprint density at radius 2 is 2.11 bits per heavy atom. The Balaban J connectivity index is 1.51. The molecule has 0 saturated heterocycles. The van der Waals surface area contributed by atoms with E-state index in [0.29, 0.717) is 31.7 Å². The van der Waals surface area contributed by atoms with Crippen molar-refractivity contribution < 1.29 is 9.18 Å². The molecular weight excluding hydrogens is 361 g/mol. The first-order chi connectivity index (χ1) is 13.3. The van der Waals surface area contributed by atoms with Gasteiger partial charge < -0.3 is 15.2 Å². The quantitative estimate of drug-likeness (QED) is 0.738. The fourth-order valence-electron chi connectivity index (χ4n) is 3.48. The molecule has 3 aromatic rings. The van der Waals surface area contributed by atoms with Crippen LogP contribution in [-0.4, -0.2) is 41.9 Å². The first-order valence-corrected chi connectivity index (χ1v) is 9.10. The van der Waals surface area contributed by atoms with Crippen molar-refractivity contribution in [2.45, 2.75) is 38.9 Å². The number of hydrogen-bond donors (Lipinski definition) is 1. The predicted molar refractivity (Wildman–Crippen MR) is 101 cm³/mol. The molecule has 28 heavy (non-hydrogen) atoms. The third kappa shape index (κ3) is 3.23. The number of amides is 1. The molecule has 2 aromatic heterocycles. The number of benzene rings is 1. The van der Waals surface area contributed by atoms with Crippen molar-refractivity contribution in [3.8, 4) is 0 Å². The van der Waals surface area contributed by atoms with Crippen LogP contribution >= 0.6 is 0 Å². The van der Waals surface area contributed by atoms with Crippen molar-refractivity contribution in [1.29, 1.82) is 0 Å². The number of rotatable bonds is 4. The standard InChI is InChI=1S/C19H22FN7O/c1-19(2,27-11-15(21)10-22-27)18(28)25-6-7-26-16(23-24-17(26)12-25)9-13-4-3-5-14(20)8-13/h3-5,8,10-11H,6-7,9,12,21H2,1-2H3. The van der Waals surface area contributed by atoms with Crippen LogP contribution in [0.25, 0.3) is 0 Å². The van der Waals surface area contributed by atoms with Crippen molar-refractivity contribution in [3.63, 3.8) is 0 Å². The number of fused-ring (bicyclic) bond motifs is 1. The highest BCUT2D eigenvalue weighted by atomic mass is 19.1. The molecule has 1 amide bonds. The molecule has 0 aliphatic carbocycles. The normalized spacial score (nSPS) is 14.2. The number of nitrogen functional groups attached to an aromatic ring is 1. The molecule has 0 saturated carbocycles. The zero-order chi connectivity index (χ0) is 19.9.